The lowest BCUT2D eigenvalue weighted by atomic mass is 10.1. The molecule has 0 aliphatic carbocycles. The third-order valence-electron chi connectivity index (χ3n) is 2.65. The van der Waals surface area contributed by atoms with Crippen molar-refractivity contribution in [3.8, 4) is 11.3 Å². The molecule has 7 heteroatoms. The summed E-state index contributed by atoms with van der Waals surface area (Å²) in [6.45, 7) is 4.76. The molecule has 0 radical (unpaired) electrons. The molecule has 0 atom stereocenters. The van der Waals surface area contributed by atoms with Crippen molar-refractivity contribution in [2.75, 3.05) is 6.61 Å². The molecular formula is C13H16N4O3. The maximum Gasteiger partial charge on any atom is 0.358 e. The van der Waals surface area contributed by atoms with Crippen molar-refractivity contribution in [2.24, 2.45) is 0 Å². The van der Waals surface area contributed by atoms with Gasteiger partial charge in [-0.2, -0.15) is 0 Å². The summed E-state index contributed by atoms with van der Waals surface area (Å²) >= 11 is 0. The Morgan fingerprint density at radius 3 is 2.70 bits per heavy atom. The van der Waals surface area contributed by atoms with Gasteiger partial charge in [-0.1, -0.05) is 5.21 Å². The summed E-state index contributed by atoms with van der Waals surface area (Å²) < 4.78 is 7.00. The van der Waals surface area contributed by atoms with Gasteiger partial charge in [0.05, 0.1) is 19.3 Å². The summed E-state index contributed by atoms with van der Waals surface area (Å²) in [5, 5.41) is 16.8. The van der Waals surface area contributed by atoms with Gasteiger partial charge in [-0.15, -0.1) is 5.10 Å². The average Bonchev–Trinajstić information content (AvgIpc) is 2.83. The van der Waals surface area contributed by atoms with Gasteiger partial charge in [-0.3, -0.25) is 4.98 Å². The van der Waals surface area contributed by atoms with Crippen LogP contribution in [0.1, 0.15) is 24.3 Å². The summed E-state index contributed by atoms with van der Waals surface area (Å²) in [5.74, 6) is -1.10. The summed E-state index contributed by atoms with van der Waals surface area (Å²) in [6.07, 6.45) is 3.31. The number of pyridine rings is 1. The molecule has 1 N–H and O–H groups in total. The second-order valence-electron chi connectivity index (χ2n) is 4.47. The quantitative estimate of drug-likeness (QED) is 0.859. The van der Waals surface area contributed by atoms with E-state index in [0.29, 0.717) is 24.4 Å². The molecule has 0 amide bonds. The Morgan fingerprint density at radius 1 is 1.40 bits per heavy atom. The maximum absolute atomic E-state index is 11.2. The minimum absolute atomic E-state index is 0.0688. The standard InChI is InChI=1S/C13H16N4O3/c1-9(2)20-8-7-17-12(10-3-5-14-6-4-10)11(13(18)19)15-16-17/h3-6,9H,7-8H2,1-2H3,(H,18,19). The van der Waals surface area contributed by atoms with Crippen molar-refractivity contribution in [1.82, 2.24) is 20.0 Å². The SMILES string of the molecule is CC(C)OCCn1nnc(C(=O)O)c1-c1ccncc1. The second-order valence-corrected chi connectivity index (χ2v) is 4.47. The largest absolute Gasteiger partial charge is 0.476 e. The summed E-state index contributed by atoms with van der Waals surface area (Å²) in [4.78, 5) is 15.2. The van der Waals surface area contributed by atoms with E-state index >= 15 is 0 Å². The first-order valence-corrected chi connectivity index (χ1v) is 6.28. The van der Waals surface area contributed by atoms with E-state index in [1.807, 2.05) is 13.8 Å². The highest BCUT2D eigenvalue weighted by molar-refractivity contribution is 5.92. The minimum atomic E-state index is -1.10. The van der Waals surface area contributed by atoms with Crippen LogP contribution in [0.25, 0.3) is 11.3 Å². The van der Waals surface area contributed by atoms with Crippen molar-refractivity contribution in [3.63, 3.8) is 0 Å². The number of aromatic carboxylic acids is 1. The fraction of sp³-hybridized carbons (Fsp3) is 0.385. The molecule has 2 aromatic rings. The Kier molecular flexibility index (Phi) is 4.41. The van der Waals surface area contributed by atoms with Crippen LogP contribution in [0, 0.1) is 0 Å². The molecule has 0 spiro atoms. The molecule has 0 saturated heterocycles. The summed E-state index contributed by atoms with van der Waals surface area (Å²) in [6, 6.07) is 3.45. The number of hydrogen-bond donors (Lipinski definition) is 1. The third-order valence-corrected chi connectivity index (χ3v) is 2.65. The number of rotatable bonds is 6. The van der Waals surface area contributed by atoms with Crippen molar-refractivity contribution >= 4 is 5.97 Å². The molecule has 106 valence electrons. The van der Waals surface area contributed by atoms with Crippen LogP contribution in [-0.2, 0) is 11.3 Å². The van der Waals surface area contributed by atoms with Crippen LogP contribution >= 0.6 is 0 Å². The molecular weight excluding hydrogens is 260 g/mol. The molecule has 20 heavy (non-hydrogen) atoms. The van der Waals surface area contributed by atoms with Crippen LogP contribution < -0.4 is 0 Å². The zero-order chi connectivity index (χ0) is 14.5. The Hall–Kier alpha value is -2.28. The number of ether oxygens (including phenoxy) is 1. The first kappa shape index (κ1) is 14.1. The molecule has 2 aromatic heterocycles. The number of aromatic nitrogens is 4. The van der Waals surface area contributed by atoms with E-state index in [-0.39, 0.29) is 11.8 Å². The predicted molar refractivity (Wildman–Crippen MR) is 71.3 cm³/mol. The number of carboxylic acid groups (broad SMARTS) is 1. The Bertz CT molecular complexity index is 581. The zero-order valence-electron chi connectivity index (χ0n) is 11.4. The smallest absolute Gasteiger partial charge is 0.358 e. The number of carbonyl (C=O) groups is 1. The van der Waals surface area contributed by atoms with E-state index in [1.54, 1.807) is 29.2 Å². The molecule has 0 aliphatic rings. The maximum atomic E-state index is 11.2. The van der Waals surface area contributed by atoms with E-state index < -0.39 is 5.97 Å². The van der Waals surface area contributed by atoms with Gasteiger partial charge in [0.1, 0.15) is 5.69 Å². The monoisotopic (exact) mass is 276 g/mol. The Balaban J connectivity index is 2.31. The molecule has 2 heterocycles. The lowest BCUT2D eigenvalue weighted by Crippen LogP contribution is -2.13. The van der Waals surface area contributed by atoms with Gasteiger partial charge in [-0.05, 0) is 26.0 Å². The third kappa shape index (κ3) is 3.18. The molecule has 0 unspecified atom stereocenters. The zero-order valence-corrected chi connectivity index (χ0v) is 11.4. The van der Waals surface area contributed by atoms with Gasteiger partial charge in [0.2, 0.25) is 0 Å². The topological polar surface area (TPSA) is 90.1 Å². The minimum Gasteiger partial charge on any atom is -0.476 e. The van der Waals surface area contributed by atoms with Crippen molar-refractivity contribution in [1.29, 1.82) is 0 Å². The van der Waals surface area contributed by atoms with Gasteiger partial charge < -0.3 is 9.84 Å². The Morgan fingerprint density at radius 2 is 2.10 bits per heavy atom. The van der Waals surface area contributed by atoms with Crippen LogP contribution in [0.3, 0.4) is 0 Å². The fourth-order valence-corrected chi connectivity index (χ4v) is 1.78. The van der Waals surface area contributed by atoms with Crippen LogP contribution in [0.4, 0.5) is 0 Å². The molecule has 0 aromatic carbocycles. The van der Waals surface area contributed by atoms with Crippen LogP contribution in [0.2, 0.25) is 0 Å². The second kappa shape index (κ2) is 6.25. The number of nitrogens with zero attached hydrogens (tertiary/aromatic N) is 4. The van der Waals surface area contributed by atoms with Crippen LogP contribution in [0.15, 0.2) is 24.5 Å². The lowest BCUT2D eigenvalue weighted by Gasteiger charge is -2.09. The summed E-state index contributed by atoms with van der Waals surface area (Å²) in [5.41, 5.74) is 1.11. The predicted octanol–water partition coefficient (Wildman–Crippen LogP) is 1.46. The van der Waals surface area contributed by atoms with Crippen molar-refractivity contribution in [2.45, 2.75) is 26.5 Å². The van der Waals surface area contributed by atoms with E-state index in [1.165, 1.54) is 0 Å². The van der Waals surface area contributed by atoms with E-state index in [2.05, 4.69) is 15.3 Å². The van der Waals surface area contributed by atoms with Gasteiger partial charge in [0, 0.05) is 18.0 Å². The van der Waals surface area contributed by atoms with Gasteiger partial charge in [0.25, 0.3) is 0 Å². The van der Waals surface area contributed by atoms with Crippen molar-refractivity contribution < 1.29 is 14.6 Å². The lowest BCUT2D eigenvalue weighted by molar-refractivity contribution is 0.0687. The van der Waals surface area contributed by atoms with E-state index in [0.717, 1.165) is 0 Å². The summed E-state index contributed by atoms with van der Waals surface area (Å²) in [7, 11) is 0. The van der Waals surface area contributed by atoms with Gasteiger partial charge >= 0.3 is 5.97 Å². The Labute approximate surface area is 116 Å². The van der Waals surface area contributed by atoms with Gasteiger partial charge in [-0.25, -0.2) is 9.48 Å². The molecule has 7 nitrogen and oxygen atoms in total. The van der Waals surface area contributed by atoms with Gasteiger partial charge in [0.15, 0.2) is 5.69 Å². The molecule has 2 rings (SSSR count). The van der Waals surface area contributed by atoms with Crippen LogP contribution in [-0.4, -0.2) is 43.8 Å². The highest BCUT2D eigenvalue weighted by Crippen LogP contribution is 2.21. The average molecular weight is 276 g/mol. The van der Waals surface area contributed by atoms with E-state index in [9.17, 15) is 9.90 Å². The first-order valence-electron chi connectivity index (χ1n) is 6.28. The normalized spacial score (nSPS) is 10.9. The fourth-order valence-electron chi connectivity index (χ4n) is 1.78. The number of carboxylic acids is 1. The first-order chi connectivity index (χ1) is 9.59. The molecule has 0 fully saturated rings. The van der Waals surface area contributed by atoms with E-state index in [4.69, 9.17) is 4.74 Å². The molecule has 0 bridgehead atoms. The molecule has 0 saturated carbocycles. The molecule has 0 aliphatic heterocycles. The van der Waals surface area contributed by atoms with Crippen LogP contribution in [0.5, 0.6) is 0 Å². The highest BCUT2D eigenvalue weighted by Gasteiger charge is 2.20. The number of hydrogen-bond acceptors (Lipinski definition) is 5. The highest BCUT2D eigenvalue weighted by atomic mass is 16.5. The van der Waals surface area contributed by atoms with Crippen molar-refractivity contribution in [3.05, 3.63) is 30.2 Å².